The largest absolute Gasteiger partial charge is 0.457 e. The molecule has 0 saturated heterocycles. The molecule has 0 spiro atoms. The van der Waals surface area contributed by atoms with Crippen LogP contribution in [-0.2, 0) is 26.0 Å². The van der Waals surface area contributed by atoms with Crippen molar-refractivity contribution in [3.05, 3.63) is 121 Å². The molecule has 0 aliphatic carbocycles. The lowest BCUT2D eigenvalue weighted by molar-refractivity contribution is -0.139. The van der Waals surface area contributed by atoms with Gasteiger partial charge in [-0.15, -0.1) is 0 Å². The summed E-state index contributed by atoms with van der Waals surface area (Å²) in [5.41, 5.74) is 1.30. The van der Waals surface area contributed by atoms with Crippen LogP contribution in [0.5, 0.6) is 11.5 Å². The van der Waals surface area contributed by atoms with Gasteiger partial charge in [-0.25, -0.2) is 8.42 Å². The van der Waals surface area contributed by atoms with Gasteiger partial charge in [0.2, 0.25) is 11.8 Å². The predicted octanol–water partition coefficient (Wildman–Crippen LogP) is 6.05. The SMILES string of the molecule is CC[C@H](C(=O)NC(C)C)N(CCc1ccccc1)C(=O)CN(c1ccc(Oc2ccccc2)cc1)S(=O)(=O)c1ccccc1. The van der Waals surface area contributed by atoms with Crippen LogP contribution in [0.4, 0.5) is 5.69 Å². The smallest absolute Gasteiger partial charge is 0.264 e. The van der Waals surface area contributed by atoms with Crippen molar-refractivity contribution in [2.24, 2.45) is 0 Å². The maximum atomic E-state index is 14.1. The lowest BCUT2D eigenvalue weighted by Crippen LogP contribution is -2.54. The molecule has 4 aromatic carbocycles. The standard InChI is InChI=1S/C35H39N3O5S/c1-4-33(35(40)36-27(2)3)37(25-24-28-14-8-5-9-15-28)34(39)26-38(44(41,42)32-18-12-7-13-19-32)29-20-22-31(23-21-29)43-30-16-10-6-11-17-30/h5-23,27,33H,4,24-26H2,1-3H3,(H,36,40)/t33-/m1/s1. The first-order chi connectivity index (χ1) is 21.2. The second kappa shape index (κ2) is 15.2. The molecule has 0 aliphatic heterocycles. The van der Waals surface area contributed by atoms with Gasteiger partial charge in [0.25, 0.3) is 10.0 Å². The minimum atomic E-state index is -4.15. The summed E-state index contributed by atoms with van der Waals surface area (Å²) in [7, 11) is -4.15. The number of para-hydroxylation sites is 1. The summed E-state index contributed by atoms with van der Waals surface area (Å²) in [6.45, 7) is 5.32. The molecular weight excluding hydrogens is 574 g/mol. The van der Waals surface area contributed by atoms with E-state index in [0.717, 1.165) is 9.87 Å². The number of amides is 2. The van der Waals surface area contributed by atoms with Crippen LogP contribution in [0, 0.1) is 0 Å². The van der Waals surface area contributed by atoms with Gasteiger partial charge in [0.05, 0.1) is 10.6 Å². The minimum Gasteiger partial charge on any atom is -0.457 e. The van der Waals surface area contributed by atoms with E-state index in [1.807, 2.05) is 81.4 Å². The highest BCUT2D eigenvalue weighted by Crippen LogP contribution is 2.28. The van der Waals surface area contributed by atoms with Crippen LogP contribution < -0.4 is 14.4 Å². The van der Waals surface area contributed by atoms with Gasteiger partial charge in [-0.1, -0.05) is 73.7 Å². The van der Waals surface area contributed by atoms with Gasteiger partial charge in [0, 0.05) is 12.6 Å². The van der Waals surface area contributed by atoms with E-state index in [9.17, 15) is 18.0 Å². The van der Waals surface area contributed by atoms with Gasteiger partial charge in [-0.05, 0) is 80.8 Å². The zero-order chi connectivity index (χ0) is 31.5. The number of ether oxygens (including phenoxy) is 1. The molecule has 0 bridgehead atoms. The molecule has 44 heavy (non-hydrogen) atoms. The fourth-order valence-electron chi connectivity index (χ4n) is 4.83. The molecule has 0 saturated carbocycles. The Morgan fingerprint density at radius 2 is 1.32 bits per heavy atom. The van der Waals surface area contributed by atoms with Crippen LogP contribution in [-0.4, -0.2) is 50.3 Å². The summed E-state index contributed by atoms with van der Waals surface area (Å²) in [5.74, 6) is 0.410. The lowest BCUT2D eigenvalue weighted by Gasteiger charge is -2.33. The topological polar surface area (TPSA) is 96.0 Å². The molecule has 1 N–H and O–H groups in total. The second-order valence-electron chi connectivity index (χ2n) is 10.6. The molecule has 0 unspecified atom stereocenters. The van der Waals surface area contributed by atoms with E-state index in [1.165, 1.54) is 17.0 Å². The third-order valence-corrected chi connectivity index (χ3v) is 8.80. The highest BCUT2D eigenvalue weighted by Gasteiger charge is 2.33. The molecule has 0 heterocycles. The maximum absolute atomic E-state index is 14.1. The minimum absolute atomic E-state index is 0.0536. The number of sulfonamides is 1. The second-order valence-corrected chi connectivity index (χ2v) is 12.5. The highest BCUT2D eigenvalue weighted by molar-refractivity contribution is 7.92. The van der Waals surface area contributed by atoms with Crippen LogP contribution in [0.25, 0.3) is 0 Å². The molecule has 4 aromatic rings. The molecule has 2 amide bonds. The maximum Gasteiger partial charge on any atom is 0.264 e. The Hall–Kier alpha value is -4.63. The number of nitrogens with zero attached hydrogens (tertiary/aromatic N) is 2. The monoisotopic (exact) mass is 613 g/mol. The van der Waals surface area contributed by atoms with Crippen molar-refractivity contribution in [2.45, 2.75) is 50.6 Å². The normalized spacial score (nSPS) is 11.9. The van der Waals surface area contributed by atoms with Crippen molar-refractivity contribution in [1.29, 1.82) is 0 Å². The van der Waals surface area contributed by atoms with Crippen molar-refractivity contribution in [3.8, 4) is 11.5 Å². The predicted molar refractivity (Wildman–Crippen MR) is 173 cm³/mol. The highest BCUT2D eigenvalue weighted by atomic mass is 32.2. The molecule has 8 nitrogen and oxygen atoms in total. The quantitative estimate of drug-likeness (QED) is 0.187. The van der Waals surface area contributed by atoms with Crippen molar-refractivity contribution in [3.63, 3.8) is 0 Å². The van der Waals surface area contributed by atoms with Crippen molar-refractivity contribution >= 4 is 27.5 Å². The van der Waals surface area contributed by atoms with E-state index < -0.39 is 28.5 Å². The number of hydrogen-bond acceptors (Lipinski definition) is 5. The Balaban J connectivity index is 1.68. The van der Waals surface area contributed by atoms with E-state index in [0.29, 0.717) is 30.0 Å². The number of carbonyl (C=O) groups is 2. The van der Waals surface area contributed by atoms with E-state index >= 15 is 0 Å². The molecule has 1 atom stereocenters. The van der Waals surface area contributed by atoms with E-state index in [1.54, 1.807) is 42.5 Å². The number of anilines is 1. The first-order valence-corrected chi connectivity index (χ1v) is 16.2. The van der Waals surface area contributed by atoms with Crippen molar-refractivity contribution < 1.29 is 22.7 Å². The summed E-state index contributed by atoms with van der Waals surface area (Å²) >= 11 is 0. The molecule has 4 rings (SSSR count). The van der Waals surface area contributed by atoms with Crippen LogP contribution in [0.2, 0.25) is 0 Å². The van der Waals surface area contributed by atoms with Gasteiger partial charge in [-0.3, -0.25) is 13.9 Å². The number of rotatable bonds is 14. The van der Waals surface area contributed by atoms with Crippen LogP contribution in [0.1, 0.15) is 32.8 Å². The van der Waals surface area contributed by atoms with Crippen molar-refractivity contribution in [1.82, 2.24) is 10.2 Å². The molecule has 0 radical (unpaired) electrons. The van der Waals surface area contributed by atoms with Crippen LogP contribution in [0.15, 0.2) is 120 Å². The average Bonchev–Trinajstić information content (AvgIpc) is 3.03. The average molecular weight is 614 g/mol. The summed E-state index contributed by atoms with van der Waals surface area (Å²) in [5, 5.41) is 2.92. The first kappa shape index (κ1) is 32.3. The molecule has 9 heteroatoms. The van der Waals surface area contributed by atoms with Gasteiger partial charge in [0.1, 0.15) is 24.1 Å². The summed E-state index contributed by atoms with van der Waals surface area (Å²) in [6.07, 6.45) is 0.880. The molecular formula is C35H39N3O5S. The number of hydrogen-bond donors (Lipinski definition) is 1. The molecule has 0 aromatic heterocycles. The first-order valence-electron chi connectivity index (χ1n) is 14.7. The van der Waals surface area contributed by atoms with Gasteiger partial charge >= 0.3 is 0 Å². The van der Waals surface area contributed by atoms with Crippen LogP contribution in [0.3, 0.4) is 0 Å². The van der Waals surface area contributed by atoms with E-state index in [2.05, 4.69) is 5.32 Å². The third kappa shape index (κ3) is 8.48. The lowest BCUT2D eigenvalue weighted by atomic mass is 10.1. The third-order valence-electron chi connectivity index (χ3n) is 7.01. The number of carbonyl (C=O) groups excluding carboxylic acids is 2. The van der Waals surface area contributed by atoms with Gasteiger partial charge in [-0.2, -0.15) is 0 Å². The molecule has 0 fully saturated rings. The zero-order valence-electron chi connectivity index (χ0n) is 25.3. The van der Waals surface area contributed by atoms with Gasteiger partial charge in [0.15, 0.2) is 0 Å². The van der Waals surface area contributed by atoms with Gasteiger partial charge < -0.3 is 15.0 Å². The Morgan fingerprint density at radius 1 is 0.773 bits per heavy atom. The van der Waals surface area contributed by atoms with Crippen LogP contribution >= 0.6 is 0 Å². The van der Waals surface area contributed by atoms with E-state index in [4.69, 9.17) is 4.74 Å². The van der Waals surface area contributed by atoms with E-state index in [-0.39, 0.29) is 23.4 Å². The summed E-state index contributed by atoms with van der Waals surface area (Å²) in [6, 6.07) is 32.6. The fourth-order valence-corrected chi connectivity index (χ4v) is 6.27. The molecule has 0 aliphatic rings. The Labute approximate surface area is 260 Å². The molecule has 230 valence electrons. The Morgan fingerprint density at radius 3 is 1.89 bits per heavy atom. The Kier molecular flexibility index (Phi) is 11.2. The Bertz CT molecular complexity index is 1600. The summed E-state index contributed by atoms with van der Waals surface area (Å²) in [4.78, 5) is 29.0. The zero-order valence-corrected chi connectivity index (χ0v) is 26.1. The number of nitrogens with one attached hydrogen (secondary N) is 1. The number of benzene rings is 4. The van der Waals surface area contributed by atoms with Crippen molar-refractivity contribution in [2.75, 3.05) is 17.4 Å². The summed E-state index contributed by atoms with van der Waals surface area (Å²) < 4.78 is 35.0. The fraction of sp³-hybridized carbons (Fsp3) is 0.257.